The highest BCUT2D eigenvalue weighted by atomic mass is 32.2. The van der Waals surface area contributed by atoms with E-state index in [2.05, 4.69) is 10.0 Å². The lowest BCUT2D eigenvalue weighted by molar-refractivity contribution is 0.0951. The lowest BCUT2D eigenvalue weighted by Gasteiger charge is -2.13. The molecule has 140 valence electrons. The van der Waals surface area contributed by atoms with Gasteiger partial charge in [0.1, 0.15) is 0 Å². The lowest BCUT2D eigenvalue weighted by atomic mass is 10.1. The van der Waals surface area contributed by atoms with Crippen molar-refractivity contribution >= 4 is 15.9 Å². The Kier molecular flexibility index (Phi) is 6.90. The molecule has 0 aliphatic rings. The number of nitrogens with two attached hydrogens (primary N) is 1. The van der Waals surface area contributed by atoms with Crippen molar-refractivity contribution in [2.75, 3.05) is 13.1 Å². The summed E-state index contributed by atoms with van der Waals surface area (Å²) in [5.41, 5.74) is 7.38. The predicted octanol–water partition coefficient (Wildman–Crippen LogP) is 2.05. The number of nitrogens with one attached hydrogen (secondary N) is 2. The quantitative estimate of drug-likeness (QED) is 0.657. The van der Waals surface area contributed by atoms with Crippen molar-refractivity contribution < 1.29 is 13.2 Å². The number of hydrogen-bond donors (Lipinski definition) is 3. The zero-order valence-electron chi connectivity index (χ0n) is 15.0. The molecule has 0 aliphatic heterocycles. The number of hydrogen-bond acceptors (Lipinski definition) is 4. The summed E-state index contributed by atoms with van der Waals surface area (Å²) in [5, 5.41) is 2.77. The van der Waals surface area contributed by atoms with Gasteiger partial charge in [0, 0.05) is 24.7 Å². The maximum Gasteiger partial charge on any atom is 0.251 e. The summed E-state index contributed by atoms with van der Waals surface area (Å²) in [6.07, 6.45) is 0. The molecule has 0 saturated carbocycles. The molecule has 0 heterocycles. The number of carbonyl (C=O) groups is 1. The largest absolute Gasteiger partial charge is 0.350 e. The second kappa shape index (κ2) is 8.93. The summed E-state index contributed by atoms with van der Waals surface area (Å²) in [4.78, 5) is 12.4. The van der Waals surface area contributed by atoms with Crippen LogP contribution in [0.1, 0.15) is 35.8 Å². The van der Waals surface area contributed by atoms with Gasteiger partial charge in [-0.2, -0.15) is 0 Å². The van der Waals surface area contributed by atoms with Gasteiger partial charge in [-0.05, 0) is 35.7 Å². The Morgan fingerprint density at radius 3 is 2.19 bits per heavy atom. The summed E-state index contributed by atoms with van der Waals surface area (Å²) in [7, 11) is -3.56. The molecule has 4 N–H and O–H groups in total. The molecule has 26 heavy (non-hydrogen) atoms. The summed E-state index contributed by atoms with van der Waals surface area (Å²) in [6.45, 7) is 4.51. The van der Waals surface area contributed by atoms with Gasteiger partial charge in [0.15, 0.2) is 0 Å². The highest BCUT2D eigenvalue weighted by Crippen LogP contribution is 2.12. The topological polar surface area (TPSA) is 101 Å². The summed E-state index contributed by atoms with van der Waals surface area (Å²) < 4.78 is 26.9. The third-order valence-corrected chi connectivity index (χ3v) is 5.26. The van der Waals surface area contributed by atoms with Crippen LogP contribution in [0.4, 0.5) is 0 Å². The van der Waals surface area contributed by atoms with E-state index in [4.69, 9.17) is 5.73 Å². The van der Waals surface area contributed by atoms with Gasteiger partial charge in [-0.1, -0.05) is 44.2 Å². The maximum atomic E-state index is 12.2. The van der Waals surface area contributed by atoms with Crippen LogP contribution in [0.25, 0.3) is 0 Å². The number of amides is 1. The normalized spacial score (nSPS) is 12.8. The smallest absolute Gasteiger partial charge is 0.251 e. The fraction of sp³-hybridized carbons (Fsp3) is 0.316. The molecule has 0 saturated heterocycles. The van der Waals surface area contributed by atoms with E-state index in [0.717, 1.165) is 5.56 Å². The Bertz CT molecular complexity index is 819. The minimum Gasteiger partial charge on any atom is -0.350 e. The molecule has 7 heteroatoms. The van der Waals surface area contributed by atoms with Crippen molar-refractivity contribution in [3.63, 3.8) is 0 Å². The van der Waals surface area contributed by atoms with Crippen LogP contribution in [-0.4, -0.2) is 27.4 Å². The van der Waals surface area contributed by atoms with Crippen molar-refractivity contribution in [1.29, 1.82) is 0 Å². The first-order valence-electron chi connectivity index (χ1n) is 8.48. The van der Waals surface area contributed by atoms with E-state index in [0.29, 0.717) is 18.7 Å². The van der Waals surface area contributed by atoms with Gasteiger partial charge in [-0.25, -0.2) is 13.1 Å². The number of carbonyl (C=O) groups excluding carboxylic acids is 1. The van der Waals surface area contributed by atoms with Gasteiger partial charge in [-0.3, -0.25) is 4.79 Å². The fourth-order valence-electron chi connectivity index (χ4n) is 2.27. The highest BCUT2D eigenvalue weighted by Gasteiger charge is 2.15. The van der Waals surface area contributed by atoms with Crippen LogP contribution in [0.3, 0.4) is 0 Å². The molecule has 0 aromatic heterocycles. The standard InChI is InChI=1S/C19H25N3O3S/c1-14(2)12-22-26(24,25)17-10-8-16(9-11-17)19(23)21-13-18(20)15-6-4-3-5-7-15/h3-11,14,18,22H,12-13,20H2,1-2H3,(H,21,23). The van der Waals surface area contributed by atoms with Crippen LogP contribution >= 0.6 is 0 Å². The van der Waals surface area contributed by atoms with Crippen LogP contribution in [-0.2, 0) is 10.0 Å². The predicted molar refractivity (Wildman–Crippen MR) is 102 cm³/mol. The fourth-order valence-corrected chi connectivity index (χ4v) is 3.48. The lowest BCUT2D eigenvalue weighted by Crippen LogP contribution is -2.32. The van der Waals surface area contributed by atoms with E-state index < -0.39 is 10.0 Å². The second-order valence-corrected chi connectivity index (χ2v) is 8.26. The van der Waals surface area contributed by atoms with Crippen LogP contribution in [0.15, 0.2) is 59.5 Å². The molecule has 2 rings (SSSR count). The Hall–Kier alpha value is -2.22. The van der Waals surface area contributed by atoms with Gasteiger partial charge in [0.2, 0.25) is 10.0 Å². The molecule has 1 atom stereocenters. The Morgan fingerprint density at radius 2 is 1.62 bits per heavy atom. The van der Waals surface area contributed by atoms with E-state index in [1.165, 1.54) is 24.3 Å². The van der Waals surface area contributed by atoms with Gasteiger partial charge >= 0.3 is 0 Å². The maximum absolute atomic E-state index is 12.2. The summed E-state index contributed by atoms with van der Waals surface area (Å²) in [5.74, 6) is -0.0842. The number of benzene rings is 2. The van der Waals surface area contributed by atoms with Gasteiger partial charge in [0.25, 0.3) is 5.91 Å². The molecule has 0 radical (unpaired) electrons. The van der Waals surface area contributed by atoms with Crippen molar-refractivity contribution in [1.82, 2.24) is 10.0 Å². The van der Waals surface area contributed by atoms with Crippen LogP contribution < -0.4 is 15.8 Å². The molecule has 0 bridgehead atoms. The molecule has 2 aromatic carbocycles. The monoisotopic (exact) mass is 375 g/mol. The van der Waals surface area contributed by atoms with Crippen molar-refractivity contribution in [3.05, 3.63) is 65.7 Å². The minimum absolute atomic E-state index is 0.135. The van der Waals surface area contributed by atoms with E-state index in [1.54, 1.807) is 0 Å². The second-order valence-electron chi connectivity index (χ2n) is 6.50. The minimum atomic E-state index is -3.56. The summed E-state index contributed by atoms with van der Waals surface area (Å²) >= 11 is 0. The third kappa shape index (κ3) is 5.66. The Labute approximate surface area is 154 Å². The molecule has 0 aliphatic carbocycles. The van der Waals surface area contributed by atoms with E-state index in [-0.39, 0.29) is 22.8 Å². The first kappa shape index (κ1) is 20.1. The van der Waals surface area contributed by atoms with Crippen LogP contribution in [0, 0.1) is 5.92 Å². The molecular weight excluding hydrogens is 350 g/mol. The average Bonchev–Trinajstić information content (AvgIpc) is 2.65. The molecule has 6 nitrogen and oxygen atoms in total. The average molecular weight is 375 g/mol. The molecule has 2 aromatic rings. The molecular formula is C19H25N3O3S. The Balaban J connectivity index is 1.96. The Morgan fingerprint density at radius 1 is 1.00 bits per heavy atom. The zero-order valence-corrected chi connectivity index (χ0v) is 15.8. The van der Waals surface area contributed by atoms with Crippen molar-refractivity contribution in [2.45, 2.75) is 24.8 Å². The third-order valence-electron chi connectivity index (χ3n) is 3.82. The first-order valence-corrected chi connectivity index (χ1v) is 9.96. The molecule has 1 unspecified atom stereocenters. The van der Waals surface area contributed by atoms with Crippen LogP contribution in [0.5, 0.6) is 0 Å². The summed E-state index contributed by atoms with van der Waals surface area (Å²) in [6, 6.07) is 15.0. The SMILES string of the molecule is CC(C)CNS(=O)(=O)c1ccc(C(=O)NCC(N)c2ccccc2)cc1. The van der Waals surface area contributed by atoms with Crippen LogP contribution in [0.2, 0.25) is 0 Å². The number of sulfonamides is 1. The first-order chi connectivity index (χ1) is 12.3. The van der Waals surface area contributed by atoms with E-state index >= 15 is 0 Å². The van der Waals surface area contributed by atoms with E-state index in [9.17, 15) is 13.2 Å². The van der Waals surface area contributed by atoms with Crippen molar-refractivity contribution in [2.24, 2.45) is 11.7 Å². The molecule has 1 amide bonds. The molecule has 0 spiro atoms. The van der Waals surface area contributed by atoms with Gasteiger partial charge in [0.05, 0.1) is 4.90 Å². The van der Waals surface area contributed by atoms with Crippen molar-refractivity contribution in [3.8, 4) is 0 Å². The highest BCUT2D eigenvalue weighted by molar-refractivity contribution is 7.89. The number of rotatable bonds is 8. The van der Waals surface area contributed by atoms with Gasteiger partial charge in [-0.15, -0.1) is 0 Å². The van der Waals surface area contributed by atoms with Gasteiger partial charge < -0.3 is 11.1 Å². The zero-order chi connectivity index (χ0) is 19.2. The van der Waals surface area contributed by atoms with E-state index in [1.807, 2.05) is 44.2 Å². The molecule has 0 fully saturated rings.